The van der Waals surface area contributed by atoms with E-state index in [1.165, 1.54) is 4.90 Å². The Kier molecular flexibility index (Phi) is 6.91. The average Bonchev–Trinajstić information content (AvgIpc) is 3.28. The van der Waals surface area contributed by atoms with E-state index >= 15 is 0 Å². The highest BCUT2D eigenvalue weighted by Crippen LogP contribution is 2.35. The van der Waals surface area contributed by atoms with Gasteiger partial charge in [-0.05, 0) is 50.5 Å². The fourth-order valence-corrected chi connectivity index (χ4v) is 3.79. The van der Waals surface area contributed by atoms with E-state index in [2.05, 4.69) is 10.6 Å². The van der Waals surface area contributed by atoms with Crippen molar-refractivity contribution in [3.63, 3.8) is 0 Å². The highest BCUT2D eigenvalue weighted by atomic mass is 16.5. The van der Waals surface area contributed by atoms with Crippen LogP contribution < -0.4 is 15.4 Å². The molecule has 2 aliphatic rings. The Bertz CT molecular complexity index is 801. The fourth-order valence-electron chi connectivity index (χ4n) is 3.79. The predicted octanol–water partition coefficient (Wildman–Crippen LogP) is 2.21. The molecule has 2 fully saturated rings. The van der Waals surface area contributed by atoms with E-state index in [0.29, 0.717) is 30.9 Å². The van der Waals surface area contributed by atoms with Crippen LogP contribution in [0, 0.1) is 0 Å². The van der Waals surface area contributed by atoms with Gasteiger partial charge in [0.1, 0.15) is 11.3 Å². The maximum Gasteiger partial charge on any atom is 0.325 e. The van der Waals surface area contributed by atoms with Gasteiger partial charge in [0.05, 0.1) is 6.61 Å². The maximum absolute atomic E-state index is 12.5. The molecule has 9 nitrogen and oxygen atoms in total. The summed E-state index contributed by atoms with van der Waals surface area (Å²) in [4.78, 5) is 49.6. The number of ether oxygens (including phenoxy) is 2. The molecule has 162 valence electrons. The van der Waals surface area contributed by atoms with Crippen LogP contribution in [-0.4, -0.2) is 54.0 Å². The molecule has 2 N–H and O–H groups in total. The molecular formula is C21H27N3O6. The van der Waals surface area contributed by atoms with Gasteiger partial charge in [-0.3, -0.25) is 19.3 Å². The molecule has 30 heavy (non-hydrogen) atoms. The first kappa shape index (κ1) is 21.6. The van der Waals surface area contributed by atoms with Crippen molar-refractivity contribution in [2.24, 2.45) is 0 Å². The second kappa shape index (κ2) is 9.60. The second-order valence-corrected chi connectivity index (χ2v) is 7.45. The van der Waals surface area contributed by atoms with Crippen molar-refractivity contribution in [1.29, 1.82) is 0 Å². The normalized spacial score (nSPS) is 17.2. The van der Waals surface area contributed by atoms with Gasteiger partial charge in [-0.25, -0.2) is 4.79 Å². The molecule has 1 aliphatic heterocycles. The molecule has 0 radical (unpaired) electrons. The number of nitrogens with zero attached hydrogens (tertiary/aromatic N) is 1. The van der Waals surface area contributed by atoms with E-state index in [1.807, 2.05) is 6.92 Å². The number of carbonyl (C=O) groups excluding carboxylic acids is 4. The Morgan fingerprint density at radius 1 is 1.17 bits per heavy atom. The van der Waals surface area contributed by atoms with Crippen molar-refractivity contribution in [1.82, 2.24) is 10.2 Å². The number of carbonyl (C=O) groups is 4. The van der Waals surface area contributed by atoms with Crippen molar-refractivity contribution in [3.05, 3.63) is 24.3 Å². The van der Waals surface area contributed by atoms with Gasteiger partial charge in [0, 0.05) is 18.7 Å². The van der Waals surface area contributed by atoms with E-state index in [-0.39, 0.29) is 25.3 Å². The number of benzene rings is 1. The quantitative estimate of drug-likeness (QED) is 0.470. The van der Waals surface area contributed by atoms with Crippen LogP contribution in [0.2, 0.25) is 0 Å². The molecule has 0 atom stereocenters. The van der Waals surface area contributed by atoms with E-state index in [9.17, 15) is 19.2 Å². The average molecular weight is 417 g/mol. The van der Waals surface area contributed by atoms with Gasteiger partial charge in [0.2, 0.25) is 0 Å². The van der Waals surface area contributed by atoms with Crippen molar-refractivity contribution < 1.29 is 28.7 Å². The molecule has 1 aromatic carbocycles. The number of hydrogen-bond acceptors (Lipinski definition) is 6. The van der Waals surface area contributed by atoms with Gasteiger partial charge in [-0.1, -0.05) is 12.8 Å². The topological polar surface area (TPSA) is 114 Å². The highest BCUT2D eigenvalue weighted by molar-refractivity contribution is 6.07. The lowest BCUT2D eigenvalue weighted by molar-refractivity contribution is -0.147. The zero-order valence-corrected chi connectivity index (χ0v) is 17.1. The summed E-state index contributed by atoms with van der Waals surface area (Å²) in [6.07, 6.45) is 3.48. The minimum absolute atomic E-state index is 0.0143. The van der Waals surface area contributed by atoms with Gasteiger partial charge in [0.15, 0.2) is 6.61 Å². The molecule has 4 amide bonds. The first-order valence-corrected chi connectivity index (χ1v) is 10.3. The van der Waals surface area contributed by atoms with Gasteiger partial charge < -0.3 is 20.1 Å². The summed E-state index contributed by atoms with van der Waals surface area (Å²) in [7, 11) is 0. The number of nitrogens with one attached hydrogen (secondary N) is 2. The van der Waals surface area contributed by atoms with E-state index in [1.54, 1.807) is 24.3 Å². The molecule has 0 unspecified atom stereocenters. The highest BCUT2D eigenvalue weighted by Gasteiger charge is 2.52. The SMILES string of the molecule is CCOc1ccc(NC(=O)COC(=O)CCCN2C(=O)NC3(CCCC3)C2=O)cc1. The van der Waals surface area contributed by atoms with Crippen molar-refractivity contribution in [2.75, 3.05) is 25.1 Å². The molecule has 3 rings (SSSR count). The van der Waals surface area contributed by atoms with Gasteiger partial charge >= 0.3 is 12.0 Å². The standard InChI is InChI=1S/C21H27N3O6/c1-2-29-16-9-7-15(8-10-16)22-17(25)14-30-18(26)6-5-13-24-19(27)21(23-20(24)28)11-3-4-12-21/h7-10H,2-6,11-14H2,1H3,(H,22,25)(H,23,28). The van der Waals surface area contributed by atoms with Crippen molar-refractivity contribution in [2.45, 2.75) is 51.0 Å². The van der Waals surface area contributed by atoms with E-state index < -0.39 is 30.1 Å². The molecule has 0 bridgehead atoms. The lowest BCUT2D eigenvalue weighted by atomic mass is 9.98. The molecule has 1 saturated heterocycles. The number of rotatable bonds is 9. The third-order valence-electron chi connectivity index (χ3n) is 5.28. The molecule has 1 spiro atoms. The Morgan fingerprint density at radius 3 is 2.53 bits per heavy atom. The van der Waals surface area contributed by atoms with Crippen LogP contribution in [0.5, 0.6) is 5.75 Å². The summed E-state index contributed by atoms with van der Waals surface area (Å²) in [5.74, 6) is -0.511. The van der Waals surface area contributed by atoms with Gasteiger partial charge in [-0.15, -0.1) is 0 Å². The van der Waals surface area contributed by atoms with Gasteiger partial charge in [0.25, 0.3) is 11.8 Å². The Hall–Kier alpha value is -3.10. The summed E-state index contributed by atoms with van der Waals surface area (Å²) >= 11 is 0. The third-order valence-corrected chi connectivity index (χ3v) is 5.28. The largest absolute Gasteiger partial charge is 0.494 e. The molecule has 0 aromatic heterocycles. The molecular weight excluding hydrogens is 390 g/mol. The van der Waals surface area contributed by atoms with Crippen molar-refractivity contribution in [3.8, 4) is 5.75 Å². The summed E-state index contributed by atoms with van der Waals surface area (Å²) in [6, 6.07) is 6.46. The first-order chi connectivity index (χ1) is 14.4. The van der Waals surface area contributed by atoms with E-state index in [0.717, 1.165) is 12.8 Å². The van der Waals surface area contributed by atoms with Crippen LogP contribution in [0.15, 0.2) is 24.3 Å². The van der Waals surface area contributed by atoms with E-state index in [4.69, 9.17) is 9.47 Å². The van der Waals surface area contributed by atoms with Crippen LogP contribution in [-0.2, 0) is 19.1 Å². The number of urea groups is 1. The first-order valence-electron chi connectivity index (χ1n) is 10.3. The lowest BCUT2D eigenvalue weighted by Gasteiger charge is -2.19. The smallest absolute Gasteiger partial charge is 0.325 e. The minimum atomic E-state index is -0.740. The monoisotopic (exact) mass is 417 g/mol. The summed E-state index contributed by atoms with van der Waals surface area (Å²) in [5.41, 5.74) is -0.171. The Morgan fingerprint density at radius 2 is 1.87 bits per heavy atom. The zero-order valence-electron chi connectivity index (χ0n) is 17.1. The molecule has 9 heteroatoms. The molecule has 1 heterocycles. The second-order valence-electron chi connectivity index (χ2n) is 7.45. The van der Waals surface area contributed by atoms with Crippen LogP contribution in [0.4, 0.5) is 10.5 Å². The lowest BCUT2D eigenvalue weighted by Crippen LogP contribution is -2.44. The third kappa shape index (κ3) is 5.08. The fraction of sp³-hybridized carbons (Fsp3) is 0.524. The Balaban J connectivity index is 1.35. The van der Waals surface area contributed by atoms with Crippen LogP contribution in [0.3, 0.4) is 0 Å². The predicted molar refractivity (Wildman–Crippen MR) is 108 cm³/mol. The maximum atomic E-state index is 12.5. The minimum Gasteiger partial charge on any atom is -0.494 e. The number of amides is 4. The van der Waals surface area contributed by atoms with Crippen LogP contribution in [0.25, 0.3) is 0 Å². The number of anilines is 1. The number of hydrogen-bond donors (Lipinski definition) is 2. The van der Waals surface area contributed by atoms with Crippen LogP contribution in [0.1, 0.15) is 45.4 Å². The van der Waals surface area contributed by atoms with Gasteiger partial charge in [-0.2, -0.15) is 0 Å². The van der Waals surface area contributed by atoms with Crippen LogP contribution >= 0.6 is 0 Å². The summed E-state index contributed by atoms with van der Waals surface area (Å²) in [5, 5.41) is 5.43. The summed E-state index contributed by atoms with van der Waals surface area (Å²) in [6.45, 7) is 2.19. The number of imide groups is 1. The Labute approximate surface area is 175 Å². The molecule has 1 saturated carbocycles. The zero-order chi connectivity index (χ0) is 21.6. The summed E-state index contributed by atoms with van der Waals surface area (Å²) < 4.78 is 10.3. The molecule has 1 aromatic rings. The van der Waals surface area contributed by atoms with Crippen molar-refractivity contribution >= 4 is 29.5 Å². The molecule has 1 aliphatic carbocycles. The number of esters is 1.